The molecule has 1 heterocycles. The van der Waals surface area contributed by atoms with Gasteiger partial charge in [-0.05, 0) is 43.6 Å². The minimum absolute atomic E-state index is 0.522. The van der Waals surface area contributed by atoms with Crippen molar-refractivity contribution in [3.8, 4) is 0 Å². The number of fused-ring (bicyclic) bond motifs is 1. The van der Waals surface area contributed by atoms with Crippen LogP contribution >= 0.6 is 12.2 Å². The highest BCUT2D eigenvalue weighted by molar-refractivity contribution is 7.71. The van der Waals surface area contributed by atoms with Crippen molar-refractivity contribution in [2.24, 2.45) is 0 Å². The lowest BCUT2D eigenvalue weighted by Gasteiger charge is -2.20. The Morgan fingerprint density at radius 2 is 2.12 bits per heavy atom. The van der Waals surface area contributed by atoms with Crippen molar-refractivity contribution in [1.82, 2.24) is 9.55 Å². The average molecular weight is 230 g/mol. The number of aromatic nitrogens is 2. The van der Waals surface area contributed by atoms with Gasteiger partial charge in [-0.15, -0.1) is 0 Å². The van der Waals surface area contributed by atoms with E-state index in [2.05, 4.69) is 39.9 Å². The number of hydrogen-bond donors (Lipinski definition) is 1. The second-order valence-corrected chi connectivity index (χ2v) is 4.64. The minimum atomic E-state index is 0.522. The fraction of sp³-hybridized carbons (Fsp3) is 0.308. The molecule has 16 heavy (non-hydrogen) atoms. The number of imidazole rings is 1. The van der Waals surface area contributed by atoms with Crippen LogP contribution in [-0.2, 0) is 0 Å². The molecule has 1 aliphatic rings. The summed E-state index contributed by atoms with van der Waals surface area (Å²) in [6.45, 7) is 0. The van der Waals surface area contributed by atoms with Gasteiger partial charge in [-0.25, -0.2) is 0 Å². The van der Waals surface area contributed by atoms with Gasteiger partial charge in [0.15, 0.2) is 4.77 Å². The Hall–Kier alpha value is -1.35. The van der Waals surface area contributed by atoms with Crippen LogP contribution in [0.1, 0.15) is 25.3 Å². The molecular weight excluding hydrogens is 216 g/mol. The third-order valence-corrected chi connectivity index (χ3v) is 3.53. The van der Waals surface area contributed by atoms with Crippen molar-refractivity contribution in [3.05, 3.63) is 41.2 Å². The normalized spacial score (nSPS) is 20.4. The first-order valence-electron chi connectivity index (χ1n) is 5.70. The third-order valence-electron chi connectivity index (χ3n) is 3.23. The summed E-state index contributed by atoms with van der Waals surface area (Å²) in [7, 11) is 0. The first kappa shape index (κ1) is 9.85. The molecule has 1 aromatic heterocycles. The second-order valence-electron chi connectivity index (χ2n) is 4.26. The maximum Gasteiger partial charge on any atom is 0.178 e. The van der Waals surface area contributed by atoms with Gasteiger partial charge >= 0.3 is 0 Å². The van der Waals surface area contributed by atoms with Crippen molar-refractivity contribution >= 4 is 23.3 Å². The molecule has 82 valence electrons. The number of rotatable bonds is 1. The van der Waals surface area contributed by atoms with Gasteiger partial charge in [0.05, 0.1) is 11.0 Å². The fourth-order valence-electron chi connectivity index (χ4n) is 2.45. The van der Waals surface area contributed by atoms with Crippen LogP contribution in [0.4, 0.5) is 0 Å². The summed E-state index contributed by atoms with van der Waals surface area (Å²) >= 11 is 5.42. The van der Waals surface area contributed by atoms with E-state index in [1.807, 2.05) is 6.07 Å². The highest BCUT2D eigenvalue weighted by Gasteiger charge is 2.15. The molecule has 0 saturated carbocycles. The Balaban J connectivity index is 2.18. The van der Waals surface area contributed by atoms with Crippen LogP contribution in [0.2, 0.25) is 0 Å². The van der Waals surface area contributed by atoms with Gasteiger partial charge in [0.25, 0.3) is 0 Å². The molecule has 0 radical (unpaired) electrons. The van der Waals surface area contributed by atoms with E-state index < -0.39 is 0 Å². The molecule has 0 spiro atoms. The number of nitrogens with one attached hydrogen (secondary N) is 1. The first-order chi connectivity index (χ1) is 7.86. The van der Waals surface area contributed by atoms with E-state index in [0.29, 0.717) is 6.04 Å². The van der Waals surface area contributed by atoms with Crippen molar-refractivity contribution in [1.29, 1.82) is 0 Å². The molecule has 0 aliphatic heterocycles. The minimum Gasteiger partial charge on any atom is -0.331 e. The summed E-state index contributed by atoms with van der Waals surface area (Å²) in [5.74, 6) is 0. The van der Waals surface area contributed by atoms with Gasteiger partial charge in [0, 0.05) is 6.04 Å². The average Bonchev–Trinajstić information content (AvgIpc) is 2.66. The highest BCUT2D eigenvalue weighted by Crippen LogP contribution is 2.27. The van der Waals surface area contributed by atoms with E-state index in [0.717, 1.165) is 23.1 Å². The fourth-order valence-corrected chi connectivity index (χ4v) is 2.81. The molecule has 0 saturated heterocycles. The molecule has 1 aliphatic carbocycles. The zero-order chi connectivity index (χ0) is 11.0. The van der Waals surface area contributed by atoms with Crippen LogP contribution in [0, 0.1) is 4.77 Å². The SMILES string of the molecule is S=c1[nH]c2ccccc2n1C1CC=CCC1. The molecule has 2 aromatic rings. The molecule has 0 fully saturated rings. The second kappa shape index (κ2) is 3.91. The van der Waals surface area contributed by atoms with Gasteiger partial charge in [-0.2, -0.15) is 0 Å². The number of aromatic amines is 1. The Kier molecular flexibility index (Phi) is 2.40. The largest absolute Gasteiger partial charge is 0.331 e. The van der Waals surface area contributed by atoms with Crippen LogP contribution in [0.5, 0.6) is 0 Å². The maximum absolute atomic E-state index is 5.42. The topological polar surface area (TPSA) is 20.7 Å². The van der Waals surface area contributed by atoms with Crippen LogP contribution < -0.4 is 0 Å². The lowest BCUT2D eigenvalue weighted by molar-refractivity contribution is 0.467. The molecule has 0 bridgehead atoms. The number of hydrogen-bond acceptors (Lipinski definition) is 1. The molecule has 1 atom stereocenters. The van der Waals surface area contributed by atoms with E-state index in [9.17, 15) is 0 Å². The van der Waals surface area contributed by atoms with Gasteiger partial charge in [0.2, 0.25) is 0 Å². The third kappa shape index (κ3) is 1.52. The molecule has 1 unspecified atom stereocenters. The summed E-state index contributed by atoms with van der Waals surface area (Å²) in [6.07, 6.45) is 7.96. The molecule has 0 amide bonds. The number of benzene rings is 1. The van der Waals surface area contributed by atoms with Gasteiger partial charge in [-0.1, -0.05) is 24.3 Å². The zero-order valence-corrected chi connectivity index (χ0v) is 9.83. The number of nitrogens with zero attached hydrogens (tertiary/aromatic N) is 1. The van der Waals surface area contributed by atoms with Gasteiger partial charge in [0.1, 0.15) is 0 Å². The maximum atomic E-state index is 5.42. The van der Waals surface area contributed by atoms with E-state index in [-0.39, 0.29) is 0 Å². The predicted molar refractivity (Wildman–Crippen MR) is 69.2 cm³/mol. The molecular formula is C13H14N2S. The Morgan fingerprint density at radius 1 is 1.25 bits per heavy atom. The molecule has 1 aromatic carbocycles. The summed E-state index contributed by atoms with van der Waals surface area (Å²) < 4.78 is 3.12. The van der Waals surface area contributed by atoms with Crippen LogP contribution in [-0.4, -0.2) is 9.55 Å². The predicted octanol–water partition coefficient (Wildman–Crippen LogP) is 3.98. The highest BCUT2D eigenvalue weighted by atomic mass is 32.1. The lowest BCUT2D eigenvalue weighted by atomic mass is 10.0. The standard InChI is InChI=1S/C13H14N2S/c16-13-14-11-8-4-5-9-12(11)15(13)10-6-2-1-3-7-10/h1-2,4-5,8-10H,3,6-7H2,(H,14,16). The smallest absolute Gasteiger partial charge is 0.178 e. The summed E-state index contributed by atoms with van der Waals surface area (Å²) in [4.78, 5) is 3.28. The Labute approximate surface area is 99.6 Å². The van der Waals surface area contributed by atoms with Crippen LogP contribution in [0.15, 0.2) is 36.4 Å². The van der Waals surface area contributed by atoms with E-state index in [1.165, 1.54) is 11.9 Å². The van der Waals surface area contributed by atoms with Gasteiger partial charge in [-0.3, -0.25) is 0 Å². The Morgan fingerprint density at radius 3 is 2.94 bits per heavy atom. The Bertz CT molecular complexity index is 591. The first-order valence-corrected chi connectivity index (χ1v) is 6.11. The summed E-state index contributed by atoms with van der Waals surface area (Å²) in [5.41, 5.74) is 2.37. The quantitative estimate of drug-likeness (QED) is 0.580. The zero-order valence-electron chi connectivity index (χ0n) is 9.02. The van der Waals surface area contributed by atoms with Crippen LogP contribution in [0.25, 0.3) is 11.0 Å². The van der Waals surface area contributed by atoms with E-state index >= 15 is 0 Å². The molecule has 1 N–H and O–H groups in total. The van der Waals surface area contributed by atoms with Crippen molar-refractivity contribution in [2.75, 3.05) is 0 Å². The molecule has 3 heteroatoms. The monoisotopic (exact) mass is 230 g/mol. The van der Waals surface area contributed by atoms with Crippen molar-refractivity contribution in [3.63, 3.8) is 0 Å². The molecule has 3 rings (SSSR count). The van der Waals surface area contributed by atoms with Crippen molar-refractivity contribution in [2.45, 2.75) is 25.3 Å². The lowest BCUT2D eigenvalue weighted by Crippen LogP contribution is -2.10. The van der Waals surface area contributed by atoms with Gasteiger partial charge < -0.3 is 9.55 Å². The number of para-hydroxylation sites is 2. The van der Waals surface area contributed by atoms with Crippen molar-refractivity contribution < 1.29 is 0 Å². The van der Waals surface area contributed by atoms with Crippen LogP contribution in [0.3, 0.4) is 0 Å². The van der Waals surface area contributed by atoms with E-state index in [1.54, 1.807) is 0 Å². The summed E-state index contributed by atoms with van der Waals surface area (Å²) in [6, 6.07) is 8.85. The summed E-state index contributed by atoms with van der Waals surface area (Å²) in [5, 5.41) is 0. The molecule has 2 nitrogen and oxygen atoms in total. The number of allylic oxidation sites excluding steroid dienone is 2. The van der Waals surface area contributed by atoms with E-state index in [4.69, 9.17) is 12.2 Å². The number of H-pyrrole nitrogens is 1.